The molecule has 1 N–H and O–H groups in total. The highest BCUT2D eigenvalue weighted by Crippen LogP contribution is 2.21. The van der Waals surface area contributed by atoms with Crippen LogP contribution >= 0.6 is 23.2 Å². The fourth-order valence-corrected chi connectivity index (χ4v) is 1.44. The maximum absolute atomic E-state index is 5.98. The number of halogens is 2. The molecule has 1 aromatic rings. The minimum atomic E-state index is 0.711. The molecule has 0 spiro atoms. The lowest BCUT2D eigenvalue weighted by atomic mass is 10.2. The summed E-state index contributed by atoms with van der Waals surface area (Å²) in [6.45, 7) is 0.967. The molecule has 0 saturated carbocycles. The molecule has 0 saturated heterocycles. The quantitative estimate of drug-likeness (QED) is 0.779. The molecule has 0 aliphatic rings. The molecular formula is C11H13Cl2N. The average Bonchev–Trinajstić information content (AvgIpc) is 2.18. The third-order valence-electron chi connectivity index (χ3n) is 1.82. The lowest BCUT2D eigenvalue weighted by Gasteiger charge is -1.98. The molecule has 0 aliphatic heterocycles. The van der Waals surface area contributed by atoms with Gasteiger partial charge in [-0.1, -0.05) is 35.4 Å². The van der Waals surface area contributed by atoms with Crippen molar-refractivity contribution in [3.8, 4) is 0 Å². The van der Waals surface area contributed by atoms with E-state index in [1.54, 1.807) is 6.07 Å². The van der Waals surface area contributed by atoms with Crippen LogP contribution < -0.4 is 5.32 Å². The van der Waals surface area contributed by atoms with E-state index in [1.807, 2.05) is 25.3 Å². The monoisotopic (exact) mass is 229 g/mol. The van der Waals surface area contributed by atoms with Crippen molar-refractivity contribution in [1.82, 2.24) is 5.32 Å². The van der Waals surface area contributed by atoms with Crippen LogP contribution in [0.25, 0.3) is 6.08 Å². The SMILES string of the molecule is CNCCC=Cc1cc(Cl)ccc1Cl. The van der Waals surface area contributed by atoms with E-state index in [9.17, 15) is 0 Å². The molecule has 14 heavy (non-hydrogen) atoms. The normalized spacial score (nSPS) is 11.1. The van der Waals surface area contributed by atoms with Gasteiger partial charge in [0.05, 0.1) is 0 Å². The van der Waals surface area contributed by atoms with Crippen molar-refractivity contribution in [3.63, 3.8) is 0 Å². The van der Waals surface area contributed by atoms with Crippen LogP contribution in [-0.4, -0.2) is 13.6 Å². The van der Waals surface area contributed by atoms with E-state index in [0.29, 0.717) is 5.02 Å². The first kappa shape index (κ1) is 11.6. The second kappa shape index (κ2) is 6.07. The Hall–Kier alpha value is -0.500. The molecule has 0 radical (unpaired) electrons. The molecule has 0 amide bonds. The standard InChI is InChI=1S/C11H13Cl2N/c1-14-7-3-2-4-9-8-10(12)5-6-11(9)13/h2,4-6,8,14H,3,7H2,1H3. The molecule has 3 heteroatoms. The van der Waals surface area contributed by atoms with Crippen molar-refractivity contribution in [3.05, 3.63) is 39.9 Å². The number of hydrogen-bond acceptors (Lipinski definition) is 1. The van der Waals surface area contributed by atoms with E-state index in [2.05, 4.69) is 11.4 Å². The first-order valence-electron chi connectivity index (χ1n) is 4.50. The van der Waals surface area contributed by atoms with Crippen molar-refractivity contribution in [2.45, 2.75) is 6.42 Å². The van der Waals surface area contributed by atoms with Gasteiger partial charge in [0.25, 0.3) is 0 Å². The minimum absolute atomic E-state index is 0.711. The number of nitrogens with one attached hydrogen (secondary N) is 1. The van der Waals surface area contributed by atoms with Crippen LogP contribution in [0.15, 0.2) is 24.3 Å². The van der Waals surface area contributed by atoms with Crippen LogP contribution in [0.2, 0.25) is 10.0 Å². The van der Waals surface area contributed by atoms with E-state index in [-0.39, 0.29) is 0 Å². The van der Waals surface area contributed by atoms with Crippen molar-refractivity contribution in [1.29, 1.82) is 0 Å². The van der Waals surface area contributed by atoms with Crippen molar-refractivity contribution < 1.29 is 0 Å². The Bertz CT molecular complexity index is 321. The zero-order valence-electron chi connectivity index (χ0n) is 8.06. The van der Waals surface area contributed by atoms with Crippen LogP contribution in [-0.2, 0) is 0 Å². The molecule has 0 bridgehead atoms. The molecule has 76 valence electrons. The van der Waals surface area contributed by atoms with E-state index in [0.717, 1.165) is 23.6 Å². The summed E-state index contributed by atoms with van der Waals surface area (Å²) in [7, 11) is 1.93. The van der Waals surface area contributed by atoms with Gasteiger partial charge in [-0.15, -0.1) is 0 Å². The summed E-state index contributed by atoms with van der Waals surface area (Å²) in [5, 5.41) is 4.51. The topological polar surface area (TPSA) is 12.0 Å². The van der Waals surface area contributed by atoms with Crippen molar-refractivity contribution in [2.75, 3.05) is 13.6 Å². The van der Waals surface area contributed by atoms with Crippen LogP contribution in [0.3, 0.4) is 0 Å². The maximum Gasteiger partial charge on any atom is 0.0479 e. The third kappa shape index (κ3) is 3.70. The average molecular weight is 230 g/mol. The summed E-state index contributed by atoms with van der Waals surface area (Å²) in [5.74, 6) is 0. The van der Waals surface area contributed by atoms with Gasteiger partial charge in [0.1, 0.15) is 0 Å². The Morgan fingerprint density at radius 3 is 2.86 bits per heavy atom. The zero-order chi connectivity index (χ0) is 10.4. The fraction of sp³-hybridized carbons (Fsp3) is 0.273. The number of benzene rings is 1. The summed E-state index contributed by atoms with van der Waals surface area (Å²) in [6.07, 6.45) is 5.05. The van der Waals surface area contributed by atoms with Gasteiger partial charge in [-0.25, -0.2) is 0 Å². The Labute approximate surface area is 94.7 Å². The molecule has 0 unspecified atom stereocenters. The Morgan fingerprint density at radius 1 is 1.36 bits per heavy atom. The van der Waals surface area contributed by atoms with Crippen molar-refractivity contribution >= 4 is 29.3 Å². The lowest BCUT2D eigenvalue weighted by Crippen LogP contribution is -2.05. The fourth-order valence-electron chi connectivity index (χ4n) is 1.08. The third-order valence-corrected chi connectivity index (χ3v) is 2.40. The van der Waals surface area contributed by atoms with E-state index < -0.39 is 0 Å². The molecule has 0 heterocycles. The molecule has 1 nitrogen and oxygen atoms in total. The molecular weight excluding hydrogens is 217 g/mol. The summed E-state index contributed by atoms with van der Waals surface area (Å²) in [5.41, 5.74) is 0.968. The van der Waals surface area contributed by atoms with Gasteiger partial charge < -0.3 is 5.32 Å². The van der Waals surface area contributed by atoms with E-state index in [4.69, 9.17) is 23.2 Å². The van der Waals surface area contributed by atoms with Gasteiger partial charge in [-0.05, 0) is 43.8 Å². The first-order valence-corrected chi connectivity index (χ1v) is 5.26. The summed E-state index contributed by atoms with van der Waals surface area (Å²) in [6, 6.07) is 5.45. The van der Waals surface area contributed by atoms with Crippen LogP contribution in [0, 0.1) is 0 Å². The molecule has 0 atom stereocenters. The van der Waals surface area contributed by atoms with Crippen molar-refractivity contribution in [2.24, 2.45) is 0 Å². The molecule has 0 aromatic heterocycles. The second-order valence-electron chi connectivity index (χ2n) is 2.96. The Balaban J connectivity index is 2.65. The molecule has 0 fully saturated rings. The zero-order valence-corrected chi connectivity index (χ0v) is 9.57. The van der Waals surface area contributed by atoms with Crippen LogP contribution in [0.1, 0.15) is 12.0 Å². The number of hydrogen-bond donors (Lipinski definition) is 1. The highest BCUT2D eigenvalue weighted by Gasteiger charge is 1.96. The van der Waals surface area contributed by atoms with E-state index in [1.165, 1.54) is 0 Å². The molecule has 0 aliphatic carbocycles. The summed E-state index contributed by atoms with van der Waals surface area (Å²) < 4.78 is 0. The van der Waals surface area contributed by atoms with Crippen LogP contribution in [0.4, 0.5) is 0 Å². The van der Waals surface area contributed by atoms with E-state index >= 15 is 0 Å². The Morgan fingerprint density at radius 2 is 2.14 bits per heavy atom. The molecule has 1 rings (SSSR count). The first-order chi connectivity index (χ1) is 6.74. The lowest BCUT2D eigenvalue weighted by molar-refractivity contribution is 0.809. The van der Waals surface area contributed by atoms with Gasteiger partial charge in [0.15, 0.2) is 0 Å². The predicted molar refractivity (Wildman–Crippen MR) is 64.0 cm³/mol. The largest absolute Gasteiger partial charge is 0.319 e. The van der Waals surface area contributed by atoms with Gasteiger partial charge in [-0.2, -0.15) is 0 Å². The van der Waals surface area contributed by atoms with Gasteiger partial charge in [0, 0.05) is 10.0 Å². The summed E-state index contributed by atoms with van der Waals surface area (Å²) in [4.78, 5) is 0. The molecule has 1 aromatic carbocycles. The second-order valence-corrected chi connectivity index (χ2v) is 3.80. The smallest absolute Gasteiger partial charge is 0.0479 e. The van der Waals surface area contributed by atoms with Crippen LogP contribution in [0.5, 0.6) is 0 Å². The summed E-state index contributed by atoms with van der Waals surface area (Å²) >= 11 is 11.8. The van der Waals surface area contributed by atoms with Gasteiger partial charge >= 0.3 is 0 Å². The van der Waals surface area contributed by atoms with Gasteiger partial charge in [-0.3, -0.25) is 0 Å². The predicted octanol–water partition coefficient (Wildman–Crippen LogP) is 3.62. The number of rotatable bonds is 4. The Kier molecular flexibility index (Phi) is 5.02. The minimum Gasteiger partial charge on any atom is -0.319 e. The van der Waals surface area contributed by atoms with Gasteiger partial charge in [0.2, 0.25) is 0 Å². The highest BCUT2D eigenvalue weighted by molar-refractivity contribution is 6.34. The highest BCUT2D eigenvalue weighted by atomic mass is 35.5. The maximum atomic E-state index is 5.98.